The van der Waals surface area contributed by atoms with Crippen molar-refractivity contribution in [3.05, 3.63) is 0 Å². The standard InChI is InChI=1S/C8H17NO3/c1-5-6-9(11)7(10)12-8(2,3)4/h11H,5-6H2,1-4H3. The van der Waals surface area contributed by atoms with E-state index in [1.807, 2.05) is 6.92 Å². The third-order valence-corrected chi connectivity index (χ3v) is 1.04. The van der Waals surface area contributed by atoms with Gasteiger partial charge in [-0.25, -0.2) is 4.79 Å². The molecule has 1 N–H and O–H groups in total. The van der Waals surface area contributed by atoms with Gasteiger partial charge in [-0.05, 0) is 27.2 Å². The number of nitrogens with zero attached hydrogens (tertiary/aromatic N) is 1. The highest BCUT2D eigenvalue weighted by atomic mass is 16.6. The third kappa shape index (κ3) is 4.96. The molecule has 0 saturated heterocycles. The number of hydroxylamine groups is 2. The zero-order chi connectivity index (χ0) is 9.78. The molecule has 0 radical (unpaired) electrons. The summed E-state index contributed by atoms with van der Waals surface area (Å²) in [7, 11) is 0. The van der Waals surface area contributed by atoms with Crippen LogP contribution < -0.4 is 0 Å². The van der Waals surface area contributed by atoms with Crippen LogP contribution in [0.2, 0.25) is 0 Å². The van der Waals surface area contributed by atoms with Gasteiger partial charge >= 0.3 is 6.09 Å². The van der Waals surface area contributed by atoms with Crippen molar-refractivity contribution >= 4 is 6.09 Å². The zero-order valence-corrected chi connectivity index (χ0v) is 8.13. The lowest BCUT2D eigenvalue weighted by Gasteiger charge is -2.22. The lowest BCUT2D eigenvalue weighted by molar-refractivity contribution is -0.0935. The van der Waals surface area contributed by atoms with Gasteiger partial charge < -0.3 is 4.74 Å². The number of carbonyl (C=O) groups excluding carboxylic acids is 1. The molecule has 4 heteroatoms. The predicted molar refractivity (Wildman–Crippen MR) is 45.0 cm³/mol. The van der Waals surface area contributed by atoms with Crippen molar-refractivity contribution < 1.29 is 14.7 Å². The van der Waals surface area contributed by atoms with E-state index < -0.39 is 11.7 Å². The Morgan fingerprint density at radius 3 is 2.33 bits per heavy atom. The fourth-order valence-corrected chi connectivity index (χ4v) is 0.618. The quantitative estimate of drug-likeness (QED) is 0.516. The Bertz CT molecular complexity index is 151. The lowest BCUT2D eigenvalue weighted by atomic mass is 10.2. The van der Waals surface area contributed by atoms with Gasteiger partial charge in [0.15, 0.2) is 0 Å². The number of hydrogen-bond acceptors (Lipinski definition) is 3. The SMILES string of the molecule is CCCN(O)C(=O)OC(C)(C)C. The van der Waals surface area contributed by atoms with E-state index in [4.69, 9.17) is 9.94 Å². The van der Waals surface area contributed by atoms with Crippen LogP contribution in [0.4, 0.5) is 4.79 Å². The van der Waals surface area contributed by atoms with Gasteiger partial charge in [0, 0.05) is 0 Å². The van der Waals surface area contributed by atoms with Crippen LogP contribution in [0.15, 0.2) is 0 Å². The average molecular weight is 175 g/mol. The van der Waals surface area contributed by atoms with Crippen LogP contribution in [-0.2, 0) is 4.74 Å². The van der Waals surface area contributed by atoms with Crippen molar-refractivity contribution in [2.24, 2.45) is 0 Å². The highest BCUT2D eigenvalue weighted by molar-refractivity contribution is 5.66. The van der Waals surface area contributed by atoms with Crippen LogP contribution in [0, 0.1) is 0 Å². The molecule has 0 aliphatic rings. The van der Waals surface area contributed by atoms with Crippen molar-refractivity contribution in [1.82, 2.24) is 5.06 Å². The van der Waals surface area contributed by atoms with Crippen molar-refractivity contribution in [1.29, 1.82) is 0 Å². The fourth-order valence-electron chi connectivity index (χ4n) is 0.618. The van der Waals surface area contributed by atoms with Crippen LogP contribution in [0.5, 0.6) is 0 Å². The summed E-state index contributed by atoms with van der Waals surface area (Å²) in [5.74, 6) is 0. The van der Waals surface area contributed by atoms with Gasteiger partial charge in [-0.15, -0.1) is 0 Å². The highest BCUT2D eigenvalue weighted by Crippen LogP contribution is 2.08. The Kier molecular flexibility index (Phi) is 4.03. The Labute approximate surface area is 73.1 Å². The molecule has 0 spiro atoms. The minimum Gasteiger partial charge on any atom is -0.442 e. The van der Waals surface area contributed by atoms with E-state index in [9.17, 15) is 4.79 Å². The second-order valence-electron chi connectivity index (χ2n) is 3.60. The molecule has 0 atom stereocenters. The first-order chi connectivity index (χ1) is 5.37. The van der Waals surface area contributed by atoms with Gasteiger partial charge in [0.1, 0.15) is 5.60 Å². The summed E-state index contributed by atoms with van der Waals surface area (Å²) in [6.07, 6.45) is 0.0137. The Hall–Kier alpha value is -0.770. The molecule has 72 valence electrons. The van der Waals surface area contributed by atoms with Crippen LogP contribution in [0.3, 0.4) is 0 Å². The molecule has 0 aromatic carbocycles. The summed E-state index contributed by atoms with van der Waals surface area (Å²) in [6.45, 7) is 7.43. The summed E-state index contributed by atoms with van der Waals surface area (Å²) in [5, 5.41) is 9.63. The molecule has 0 unspecified atom stereocenters. The van der Waals surface area contributed by atoms with Crippen LogP contribution in [0.25, 0.3) is 0 Å². The third-order valence-electron chi connectivity index (χ3n) is 1.04. The van der Waals surface area contributed by atoms with Crippen molar-refractivity contribution in [3.8, 4) is 0 Å². The molecule has 0 aromatic heterocycles. The molecule has 0 saturated carbocycles. The highest BCUT2D eigenvalue weighted by Gasteiger charge is 2.19. The van der Waals surface area contributed by atoms with E-state index >= 15 is 0 Å². The largest absolute Gasteiger partial charge is 0.442 e. The fraction of sp³-hybridized carbons (Fsp3) is 0.875. The van der Waals surface area contributed by atoms with Gasteiger partial charge in [0.2, 0.25) is 0 Å². The van der Waals surface area contributed by atoms with E-state index in [1.54, 1.807) is 20.8 Å². The number of rotatable bonds is 2. The van der Waals surface area contributed by atoms with Gasteiger partial charge in [0.05, 0.1) is 6.54 Å². The maximum Gasteiger partial charge on any atom is 0.434 e. The first kappa shape index (κ1) is 11.2. The average Bonchev–Trinajstić information content (AvgIpc) is 1.84. The summed E-state index contributed by atoms with van der Waals surface area (Å²) in [6, 6.07) is 0. The van der Waals surface area contributed by atoms with E-state index in [2.05, 4.69) is 0 Å². The molecule has 0 rings (SSSR count). The molecule has 0 aromatic rings. The maximum atomic E-state index is 11.0. The first-order valence-corrected chi connectivity index (χ1v) is 4.06. The van der Waals surface area contributed by atoms with E-state index in [0.29, 0.717) is 18.0 Å². The minimum atomic E-state index is -0.690. The Morgan fingerprint density at radius 1 is 1.50 bits per heavy atom. The molecule has 12 heavy (non-hydrogen) atoms. The van der Waals surface area contributed by atoms with Gasteiger partial charge in [-0.2, -0.15) is 5.06 Å². The molecular weight excluding hydrogens is 158 g/mol. The molecule has 0 heterocycles. The van der Waals surface area contributed by atoms with Crippen LogP contribution in [0.1, 0.15) is 34.1 Å². The van der Waals surface area contributed by atoms with Gasteiger partial charge in [-0.1, -0.05) is 6.92 Å². The second-order valence-corrected chi connectivity index (χ2v) is 3.60. The monoisotopic (exact) mass is 175 g/mol. The number of amides is 1. The molecular formula is C8H17NO3. The molecule has 0 bridgehead atoms. The van der Waals surface area contributed by atoms with E-state index in [1.165, 1.54) is 0 Å². The summed E-state index contributed by atoms with van der Waals surface area (Å²) in [4.78, 5) is 11.0. The van der Waals surface area contributed by atoms with Crippen molar-refractivity contribution in [3.63, 3.8) is 0 Å². The number of ether oxygens (including phenoxy) is 1. The van der Waals surface area contributed by atoms with Crippen LogP contribution >= 0.6 is 0 Å². The van der Waals surface area contributed by atoms with Gasteiger partial charge in [-0.3, -0.25) is 5.21 Å². The minimum absolute atomic E-state index is 0.301. The number of carbonyl (C=O) groups is 1. The van der Waals surface area contributed by atoms with Gasteiger partial charge in [0.25, 0.3) is 0 Å². The zero-order valence-electron chi connectivity index (χ0n) is 8.13. The second kappa shape index (κ2) is 4.30. The number of hydrogen-bond donors (Lipinski definition) is 1. The van der Waals surface area contributed by atoms with Crippen LogP contribution in [-0.4, -0.2) is 28.5 Å². The first-order valence-electron chi connectivity index (χ1n) is 4.06. The van der Waals surface area contributed by atoms with E-state index in [-0.39, 0.29) is 0 Å². The summed E-state index contributed by atoms with van der Waals surface area (Å²) in [5.41, 5.74) is -0.550. The van der Waals surface area contributed by atoms with Crippen molar-refractivity contribution in [2.45, 2.75) is 39.7 Å². The summed E-state index contributed by atoms with van der Waals surface area (Å²) >= 11 is 0. The molecule has 0 fully saturated rings. The molecule has 4 nitrogen and oxygen atoms in total. The Morgan fingerprint density at radius 2 is 2.00 bits per heavy atom. The molecule has 1 amide bonds. The topological polar surface area (TPSA) is 49.8 Å². The van der Waals surface area contributed by atoms with Crippen molar-refractivity contribution in [2.75, 3.05) is 6.54 Å². The Balaban J connectivity index is 3.87. The smallest absolute Gasteiger partial charge is 0.434 e. The summed E-state index contributed by atoms with van der Waals surface area (Å²) < 4.78 is 4.89. The maximum absolute atomic E-state index is 11.0. The normalized spacial score (nSPS) is 11.1. The molecule has 0 aliphatic carbocycles. The molecule has 0 aliphatic heterocycles. The predicted octanol–water partition coefficient (Wildman–Crippen LogP) is 2.02. The van der Waals surface area contributed by atoms with E-state index in [0.717, 1.165) is 0 Å². The lowest BCUT2D eigenvalue weighted by Crippen LogP contribution is -2.34.